The summed E-state index contributed by atoms with van der Waals surface area (Å²) in [6, 6.07) is 6.66. The van der Waals surface area contributed by atoms with Crippen LogP contribution in [-0.4, -0.2) is 14.5 Å². The fourth-order valence-corrected chi connectivity index (χ4v) is 3.63. The van der Waals surface area contributed by atoms with Crippen LogP contribution in [0.15, 0.2) is 57.6 Å². The summed E-state index contributed by atoms with van der Waals surface area (Å²) in [5.41, 5.74) is 1.60. The molecule has 0 spiro atoms. The molecule has 2 aromatic heterocycles. The van der Waals surface area contributed by atoms with E-state index in [1.54, 1.807) is 18.6 Å². The summed E-state index contributed by atoms with van der Waals surface area (Å²) >= 11 is 1.28. The quantitative estimate of drug-likeness (QED) is 0.742. The summed E-state index contributed by atoms with van der Waals surface area (Å²) in [5.74, 6) is -1.06. The molecule has 3 aromatic rings. The SMILES string of the molecule is CC(C)c1ncn(Cc2ccc(=O)[nH]c2)c1Sc1cc(F)cc(F)c1. The Labute approximate surface area is 147 Å². The van der Waals surface area contributed by atoms with Gasteiger partial charge in [0.2, 0.25) is 5.56 Å². The summed E-state index contributed by atoms with van der Waals surface area (Å²) in [6.07, 6.45) is 3.35. The predicted molar refractivity (Wildman–Crippen MR) is 93.0 cm³/mol. The molecule has 3 rings (SSSR count). The van der Waals surface area contributed by atoms with Crippen molar-refractivity contribution in [2.75, 3.05) is 0 Å². The molecule has 130 valence electrons. The molecule has 0 saturated carbocycles. The van der Waals surface area contributed by atoms with E-state index in [2.05, 4.69) is 9.97 Å². The lowest BCUT2D eigenvalue weighted by Crippen LogP contribution is -2.06. The van der Waals surface area contributed by atoms with E-state index >= 15 is 0 Å². The molecule has 0 unspecified atom stereocenters. The highest BCUT2D eigenvalue weighted by atomic mass is 32.2. The highest BCUT2D eigenvalue weighted by molar-refractivity contribution is 7.99. The van der Waals surface area contributed by atoms with Gasteiger partial charge in [0.05, 0.1) is 18.6 Å². The van der Waals surface area contributed by atoms with Gasteiger partial charge in [0, 0.05) is 23.2 Å². The first-order valence-electron chi connectivity index (χ1n) is 7.79. The van der Waals surface area contributed by atoms with E-state index < -0.39 is 11.6 Å². The Balaban J connectivity index is 1.96. The molecule has 0 bridgehead atoms. The van der Waals surface area contributed by atoms with Crippen molar-refractivity contribution >= 4 is 11.8 Å². The number of hydrogen-bond donors (Lipinski definition) is 1. The molecule has 0 aliphatic carbocycles. The Morgan fingerprint density at radius 3 is 2.52 bits per heavy atom. The number of aromatic nitrogens is 3. The van der Waals surface area contributed by atoms with E-state index in [4.69, 9.17) is 0 Å². The van der Waals surface area contributed by atoms with Crippen LogP contribution in [0.2, 0.25) is 0 Å². The predicted octanol–water partition coefficient (Wildman–Crippen LogP) is 4.17. The van der Waals surface area contributed by atoms with Crippen molar-refractivity contribution in [3.05, 3.63) is 76.1 Å². The maximum absolute atomic E-state index is 13.5. The van der Waals surface area contributed by atoms with Crippen molar-refractivity contribution < 1.29 is 8.78 Å². The maximum atomic E-state index is 13.5. The molecular formula is C18H17F2N3OS. The van der Waals surface area contributed by atoms with Gasteiger partial charge in [0.1, 0.15) is 16.7 Å². The first-order chi connectivity index (χ1) is 11.9. The number of H-pyrrole nitrogens is 1. The molecule has 0 aliphatic heterocycles. The van der Waals surface area contributed by atoms with Gasteiger partial charge in [-0.2, -0.15) is 0 Å². The van der Waals surface area contributed by atoms with Gasteiger partial charge in [-0.05, 0) is 23.6 Å². The van der Waals surface area contributed by atoms with Crippen LogP contribution in [-0.2, 0) is 6.54 Å². The zero-order chi connectivity index (χ0) is 18.0. The first-order valence-corrected chi connectivity index (χ1v) is 8.60. The number of nitrogens with zero attached hydrogens (tertiary/aromatic N) is 2. The summed E-state index contributed by atoms with van der Waals surface area (Å²) in [6.45, 7) is 4.53. The van der Waals surface area contributed by atoms with E-state index in [1.165, 1.54) is 30.0 Å². The fraction of sp³-hybridized carbons (Fsp3) is 0.222. The van der Waals surface area contributed by atoms with Crippen LogP contribution < -0.4 is 5.56 Å². The van der Waals surface area contributed by atoms with Crippen LogP contribution in [0.25, 0.3) is 0 Å². The minimum Gasteiger partial charge on any atom is -0.329 e. The van der Waals surface area contributed by atoms with Crippen molar-refractivity contribution in [1.82, 2.24) is 14.5 Å². The molecule has 0 atom stereocenters. The highest BCUT2D eigenvalue weighted by Crippen LogP contribution is 2.34. The zero-order valence-corrected chi connectivity index (χ0v) is 14.6. The van der Waals surface area contributed by atoms with E-state index in [0.29, 0.717) is 11.4 Å². The molecule has 0 saturated heterocycles. The monoisotopic (exact) mass is 361 g/mol. The first kappa shape index (κ1) is 17.4. The lowest BCUT2D eigenvalue weighted by molar-refractivity contribution is 0.577. The van der Waals surface area contributed by atoms with Gasteiger partial charge in [-0.15, -0.1) is 0 Å². The average Bonchev–Trinajstić information content (AvgIpc) is 2.91. The lowest BCUT2D eigenvalue weighted by Gasteiger charge is -2.11. The smallest absolute Gasteiger partial charge is 0.247 e. The molecule has 0 amide bonds. The van der Waals surface area contributed by atoms with Crippen molar-refractivity contribution in [2.24, 2.45) is 0 Å². The molecule has 0 fully saturated rings. The van der Waals surface area contributed by atoms with Gasteiger partial charge in [0.25, 0.3) is 0 Å². The third-order valence-corrected chi connectivity index (χ3v) is 4.72. The topological polar surface area (TPSA) is 50.7 Å². The number of aromatic amines is 1. The van der Waals surface area contributed by atoms with Crippen LogP contribution in [0, 0.1) is 11.6 Å². The molecule has 1 aromatic carbocycles. The van der Waals surface area contributed by atoms with E-state index in [1.807, 2.05) is 18.4 Å². The Morgan fingerprint density at radius 1 is 1.20 bits per heavy atom. The largest absolute Gasteiger partial charge is 0.329 e. The number of imidazole rings is 1. The molecule has 2 heterocycles. The third kappa shape index (κ3) is 4.17. The number of halogens is 2. The molecule has 25 heavy (non-hydrogen) atoms. The van der Waals surface area contributed by atoms with Gasteiger partial charge < -0.3 is 9.55 Å². The Kier molecular flexibility index (Phi) is 5.03. The summed E-state index contributed by atoms with van der Waals surface area (Å²) < 4.78 is 28.9. The van der Waals surface area contributed by atoms with Crippen molar-refractivity contribution in [3.63, 3.8) is 0 Å². The second kappa shape index (κ2) is 7.23. The van der Waals surface area contributed by atoms with E-state index in [0.717, 1.165) is 22.3 Å². The number of rotatable bonds is 5. The summed E-state index contributed by atoms with van der Waals surface area (Å²) in [7, 11) is 0. The minimum absolute atomic E-state index is 0.165. The number of hydrogen-bond acceptors (Lipinski definition) is 3. The maximum Gasteiger partial charge on any atom is 0.247 e. The minimum atomic E-state index is -0.611. The molecule has 0 radical (unpaired) electrons. The standard InChI is InChI=1S/C18H17F2N3OS/c1-11(2)17-18(25-15-6-13(19)5-14(20)7-15)23(10-22-17)9-12-3-4-16(24)21-8-12/h3-8,10-11H,9H2,1-2H3,(H,21,24). The molecular weight excluding hydrogens is 344 g/mol. The number of benzene rings is 1. The van der Waals surface area contributed by atoms with Gasteiger partial charge in [-0.1, -0.05) is 31.7 Å². The van der Waals surface area contributed by atoms with Gasteiger partial charge in [-0.25, -0.2) is 13.8 Å². The average molecular weight is 361 g/mol. The van der Waals surface area contributed by atoms with Crippen LogP contribution in [0.5, 0.6) is 0 Å². The number of pyridine rings is 1. The summed E-state index contributed by atoms with van der Waals surface area (Å²) in [4.78, 5) is 18.8. The van der Waals surface area contributed by atoms with Crippen LogP contribution >= 0.6 is 11.8 Å². The van der Waals surface area contributed by atoms with Crippen molar-refractivity contribution in [1.29, 1.82) is 0 Å². The van der Waals surface area contributed by atoms with Gasteiger partial charge in [0.15, 0.2) is 0 Å². The number of nitrogens with one attached hydrogen (secondary N) is 1. The van der Waals surface area contributed by atoms with Crippen LogP contribution in [0.4, 0.5) is 8.78 Å². The molecule has 4 nitrogen and oxygen atoms in total. The second-order valence-electron chi connectivity index (χ2n) is 5.99. The Hall–Kier alpha value is -2.41. The fourth-order valence-electron chi connectivity index (χ4n) is 2.44. The van der Waals surface area contributed by atoms with Crippen molar-refractivity contribution in [3.8, 4) is 0 Å². The van der Waals surface area contributed by atoms with E-state index in [-0.39, 0.29) is 11.5 Å². The van der Waals surface area contributed by atoms with Gasteiger partial charge in [-0.3, -0.25) is 4.79 Å². The lowest BCUT2D eigenvalue weighted by atomic mass is 10.1. The molecule has 1 N–H and O–H groups in total. The highest BCUT2D eigenvalue weighted by Gasteiger charge is 2.16. The zero-order valence-electron chi connectivity index (χ0n) is 13.8. The van der Waals surface area contributed by atoms with Gasteiger partial charge >= 0.3 is 0 Å². The normalized spacial score (nSPS) is 11.2. The molecule has 7 heteroatoms. The van der Waals surface area contributed by atoms with E-state index in [9.17, 15) is 13.6 Å². The Morgan fingerprint density at radius 2 is 1.92 bits per heavy atom. The van der Waals surface area contributed by atoms with Crippen molar-refractivity contribution in [2.45, 2.75) is 36.2 Å². The van der Waals surface area contributed by atoms with Crippen LogP contribution in [0.3, 0.4) is 0 Å². The molecule has 0 aliphatic rings. The third-order valence-electron chi connectivity index (χ3n) is 3.62. The Bertz CT molecular complexity index is 909. The van der Waals surface area contributed by atoms with Crippen LogP contribution in [0.1, 0.15) is 31.0 Å². The summed E-state index contributed by atoms with van der Waals surface area (Å²) in [5, 5.41) is 0.825. The second-order valence-corrected chi connectivity index (χ2v) is 7.05.